The van der Waals surface area contributed by atoms with Crippen LogP contribution in [0.25, 0.3) is 0 Å². The van der Waals surface area contributed by atoms with Crippen LogP contribution in [0.3, 0.4) is 0 Å². The van der Waals surface area contributed by atoms with Crippen molar-refractivity contribution in [3.05, 3.63) is 0 Å². The smallest absolute Gasteiger partial charge is 0.222 e. The zero-order chi connectivity index (χ0) is 8.32. The molecule has 1 aliphatic rings. The molecule has 60 valence electrons. The van der Waals surface area contributed by atoms with E-state index in [2.05, 4.69) is 16.1 Å². The van der Waals surface area contributed by atoms with Crippen molar-refractivity contribution in [2.24, 2.45) is 10.2 Å². The van der Waals surface area contributed by atoms with E-state index in [0.29, 0.717) is 19.3 Å². The van der Waals surface area contributed by atoms with E-state index in [1.807, 2.05) is 0 Å². The van der Waals surface area contributed by atoms with Crippen LogP contribution < -0.4 is 0 Å². The van der Waals surface area contributed by atoms with Gasteiger partial charge in [-0.05, 0) is 6.42 Å². The maximum Gasteiger partial charge on any atom is 0.222 e. The van der Waals surface area contributed by atoms with Crippen LogP contribution in [-0.4, -0.2) is 11.8 Å². The number of alkyl halides is 1. The zero-order valence-electron chi connectivity index (χ0n) is 6.55. The first-order valence-electron chi connectivity index (χ1n) is 3.77. The Morgan fingerprint density at radius 3 is 2.64 bits per heavy atom. The standard InChI is InChI=1S/C8H11FN2/c1-3-5-6-8(10-11-8)7(9)4-2/h1,7H,4-6H2,2H3. The van der Waals surface area contributed by atoms with Gasteiger partial charge in [0, 0.05) is 12.8 Å². The van der Waals surface area contributed by atoms with Crippen molar-refractivity contribution >= 4 is 0 Å². The van der Waals surface area contributed by atoms with E-state index in [1.54, 1.807) is 6.92 Å². The summed E-state index contributed by atoms with van der Waals surface area (Å²) in [6.07, 6.45) is 5.66. The second-order valence-electron chi connectivity index (χ2n) is 2.66. The van der Waals surface area contributed by atoms with Gasteiger partial charge in [-0.3, -0.25) is 0 Å². The van der Waals surface area contributed by atoms with Gasteiger partial charge in [0.15, 0.2) is 0 Å². The van der Waals surface area contributed by atoms with E-state index < -0.39 is 11.8 Å². The highest BCUT2D eigenvalue weighted by atomic mass is 19.1. The van der Waals surface area contributed by atoms with Crippen molar-refractivity contribution < 1.29 is 4.39 Å². The Balaban J connectivity index is 2.36. The monoisotopic (exact) mass is 154 g/mol. The molecule has 0 aliphatic carbocycles. The number of halogens is 1. The Morgan fingerprint density at radius 1 is 1.64 bits per heavy atom. The van der Waals surface area contributed by atoms with Gasteiger partial charge in [0.1, 0.15) is 6.17 Å². The van der Waals surface area contributed by atoms with Gasteiger partial charge in [0.2, 0.25) is 5.66 Å². The molecule has 11 heavy (non-hydrogen) atoms. The summed E-state index contributed by atoms with van der Waals surface area (Å²) in [5.41, 5.74) is -0.749. The molecule has 0 fully saturated rings. The van der Waals surface area contributed by atoms with Gasteiger partial charge in [-0.15, -0.1) is 12.3 Å². The molecule has 1 atom stereocenters. The van der Waals surface area contributed by atoms with Crippen molar-refractivity contribution in [1.82, 2.24) is 0 Å². The number of terminal acetylenes is 1. The highest BCUT2D eigenvalue weighted by Gasteiger charge is 2.47. The quantitative estimate of drug-likeness (QED) is 0.555. The molecular formula is C8H11FN2. The molecule has 0 amide bonds. The normalized spacial score (nSPS) is 20.8. The Kier molecular flexibility index (Phi) is 2.23. The lowest BCUT2D eigenvalue weighted by Gasteiger charge is -2.11. The molecule has 0 spiro atoms. The fraction of sp³-hybridized carbons (Fsp3) is 0.750. The largest absolute Gasteiger partial charge is 0.243 e. The third-order valence-corrected chi connectivity index (χ3v) is 1.85. The zero-order valence-corrected chi connectivity index (χ0v) is 6.55. The second-order valence-corrected chi connectivity index (χ2v) is 2.66. The molecule has 0 bridgehead atoms. The summed E-state index contributed by atoms with van der Waals surface area (Å²) in [6, 6.07) is 0. The summed E-state index contributed by atoms with van der Waals surface area (Å²) >= 11 is 0. The van der Waals surface area contributed by atoms with Crippen LogP contribution in [0.15, 0.2) is 10.2 Å². The van der Waals surface area contributed by atoms with Crippen molar-refractivity contribution in [3.8, 4) is 12.3 Å². The third-order valence-electron chi connectivity index (χ3n) is 1.85. The fourth-order valence-electron chi connectivity index (χ4n) is 1.03. The average Bonchev–Trinajstić information content (AvgIpc) is 2.80. The molecule has 1 rings (SSSR count). The van der Waals surface area contributed by atoms with Crippen LogP contribution in [0, 0.1) is 12.3 Å². The van der Waals surface area contributed by atoms with E-state index in [-0.39, 0.29) is 0 Å². The Bertz CT molecular complexity index is 199. The average molecular weight is 154 g/mol. The minimum Gasteiger partial charge on any atom is -0.243 e. The summed E-state index contributed by atoms with van der Waals surface area (Å²) < 4.78 is 13.0. The molecule has 1 heterocycles. The summed E-state index contributed by atoms with van der Waals surface area (Å²) in [5, 5.41) is 7.39. The molecule has 0 aromatic carbocycles. The van der Waals surface area contributed by atoms with Crippen LogP contribution in [0.4, 0.5) is 4.39 Å². The minimum absolute atomic E-state index is 0.456. The van der Waals surface area contributed by atoms with Crippen LogP contribution in [0.5, 0.6) is 0 Å². The van der Waals surface area contributed by atoms with E-state index in [4.69, 9.17) is 6.42 Å². The first-order chi connectivity index (χ1) is 5.25. The third kappa shape index (κ3) is 1.56. The minimum atomic E-state index is -0.948. The van der Waals surface area contributed by atoms with E-state index in [9.17, 15) is 4.39 Å². The van der Waals surface area contributed by atoms with Crippen molar-refractivity contribution in [1.29, 1.82) is 0 Å². The molecule has 0 aromatic heterocycles. The summed E-state index contributed by atoms with van der Waals surface area (Å²) in [6.45, 7) is 1.78. The molecule has 0 aromatic rings. The number of nitrogens with zero attached hydrogens (tertiary/aromatic N) is 2. The lowest BCUT2D eigenvalue weighted by Crippen LogP contribution is -2.24. The van der Waals surface area contributed by atoms with Gasteiger partial charge in [0.05, 0.1) is 0 Å². The van der Waals surface area contributed by atoms with Crippen LogP contribution in [0.1, 0.15) is 26.2 Å². The van der Waals surface area contributed by atoms with E-state index in [0.717, 1.165) is 0 Å². The summed E-state index contributed by atoms with van der Waals surface area (Å²) in [4.78, 5) is 0. The first-order valence-corrected chi connectivity index (χ1v) is 3.77. The highest BCUT2D eigenvalue weighted by molar-refractivity contribution is 5.02. The van der Waals surface area contributed by atoms with Crippen LogP contribution >= 0.6 is 0 Å². The maximum absolute atomic E-state index is 13.0. The highest BCUT2D eigenvalue weighted by Crippen LogP contribution is 2.39. The molecule has 0 N–H and O–H groups in total. The number of hydrogen-bond donors (Lipinski definition) is 0. The molecule has 0 saturated carbocycles. The Labute approximate surface area is 65.9 Å². The van der Waals surface area contributed by atoms with Crippen LogP contribution in [-0.2, 0) is 0 Å². The molecule has 2 nitrogen and oxygen atoms in total. The summed E-state index contributed by atoms with van der Waals surface area (Å²) in [7, 11) is 0. The van der Waals surface area contributed by atoms with Crippen LogP contribution in [0.2, 0.25) is 0 Å². The molecule has 3 heteroatoms. The Morgan fingerprint density at radius 2 is 2.27 bits per heavy atom. The molecular weight excluding hydrogens is 143 g/mol. The summed E-state index contributed by atoms with van der Waals surface area (Å²) in [5.74, 6) is 2.46. The number of hydrogen-bond acceptors (Lipinski definition) is 2. The van der Waals surface area contributed by atoms with E-state index in [1.165, 1.54) is 0 Å². The second kappa shape index (κ2) is 3.00. The maximum atomic E-state index is 13.0. The van der Waals surface area contributed by atoms with E-state index >= 15 is 0 Å². The van der Waals surface area contributed by atoms with Crippen molar-refractivity contribution in [3.63, 3.8) is 0 Å². The predicted octanol–water partition coefficient (Wildman–Crippen LogP) is 2.31. The van der Waals surface area contributed by atoms with Crippen molar-refractivity contribution in [2.75, 3.05) is 0 Å². The lowest BCUT2D eigenvalue weighted by atomic mass is 10.0. The molecule has 1 aliphatic heterocycles. The van der Waals surface area contributed by atoms with Gasteiger partial charge in [-0.25, -0.2) is 4.39 Å². The molecule has 1 unspecified atom stereocenters. The molecule has 0 radical (unpaired) electrons. The SMILES string of the molecule is C#CCCC1(C(F)CC)N=N1. The predicted molar refractivity (Wildman–Crippen MR) is 40.8 cm³/mol. The number of rotatable bonds is 4. The first kappa shape index (κ1) is 8.19. The fourth-order valence-corrected chi connectivity index (χ4v) is 1.03. The van der Waals surface area contributed by atoms with Gasteiger partial charge in [0.25, 0.3) is 0 Å². The topological polar surface area (TPSA) is 24.7 Å². The van der Waals surface area contributed by atoms with Gasteiger partial charge >= 0.3 is 0 Å². The lowest BCUT2D eigenvalue weighted by molar-refractivity contribution is 0.235. The van der Waals surface area contributed by atoms with Gasteiger partial charge < -0.3 is 0 Å². The molecule has 0 saturated heterocycles. The van der Waals surface area contributed by atoms with Gasteiger partial charge in [-0.2, -0.15) is 10.2 Å². The Hall–Kier alpha value is -0.910. The van der Waals surface area contributed by atoms with Gasteiger partial charge in [-0.1, -0.05) is 6.92 Å². The van der Waals surface area contributed by atoms with Crippen molar-refractivity contribution in [2.45, 2.75) is 38.0 Å².